The largest absolute Gasteiger partial charge is 0.378 e. The number of piperazine rings is 1. The van der Waals surface area contributed by atoms with Crippen molar-refractivity contribution in [2.45, 2.75) is 76.0 Å². The van der Waals surface area contributed by atoms with Gasteiger partial charge in [-0.05, 0) is 38.5 Å². The Balaban J connectivity index is 1.72. The van der Waals surface area contributed by atoms with Gasteiger partial charge in [-0.25, -0.2) is 0 Å². The lowest BCUT2D eigenvalue weighted by atomic mass is 9.90. The van der Waals surface area contributed by atoms with Crippen LogP contribution in [0.3, 0.4) is 0 Å². The number of ether oxygens (including phenoxy) is 1. The van der Waals surface area contributed by atoms with Crippen LogP contribution in [0.2, 0.25) is 0 Å². The van der Waals surface area contributed by atoms with E-state index in [-0.39, 0.29) is 24.0 Å². The van der Waals surface area contributed by atoms with E-state index in [9.17, 15) is 9.59 Å². The van der Waals surface area contributed by atoms with Crippen LogP contribution < -0.4 is 5.32 Å². The highest BCUT2D eigenvalue weighted by molar-refractivity contribution is 6.00. The van der Waals surface area contributed by atoms with Gasteiger partial charge in [0.1, 0.15) is 11.6 Å². The highest BCUT2D eigenvalue weighted by Gasteiger charge is 2.51. The summed E-state index contributed by atoms with van der Waals surface area (Å²) in [7, 11) is 0. The van der Waals surface area contributed by atoms with Crippen LogP contribution in [0.15, 0.2) is 0 Å². The zero-order valence-electron chi connectivity index (χ0n) is 12.9. The van der Waals surface area contributed by atoms with Crippen molar-refractivity contribution in [3.63, 3.8) is 0 Å². The summed E-state index contributed by atoms with van der Waals surface area (Å²) in [5.74, 6) is 0.177. The monoisotopic (exact) mass is 294 g/mol. The number of hydrogen-bond acceptors (Lipinski definition) is 3. The van der Waals surface area contributed by atoms with Crippen LogP contribution in [-0.2, 0) is 14.3 Å². The normalized spacial score (nSPS) is 32.0. The van der Waals surface area contributed by atoms with E-state index < -0.39 is 5.54 Å². The molecule has 0 aromatic rings. The van der Waals surface area contributed by atoms with Gasteiger partial charge in [0.15, 0.2) is 0 Å². The maximum atomic E-state index is 12.9. The molecule has 2 unspecified atom stereocenters. The number of hydrogen-bond donors (Lipinski definition) is 1. The average molecular weight is 294 g/mol. The van der Waals surface area contributed by atoms with E-state index in [1.165, 1.54) is 0 Å². The summed E-state index contributed by atoms with van der Waals surface area (Å²) in [6.45, 7) is 3.46. The van der Waals surface area contributed by atoms with E-state index in [1.807, 2.05) is 11.8 Å². The van der Waals surface area contributed by atoms with Gasteiger partial charge in [0.25, 0.3) is 0 Å². The Morgan fingerprint density at radius 1 is 1.29 bits per heavy atom. The van der Waals surface area contributed by atoms with Gasteiger partial charge in [0.2, 0.25) is 11.8 Å². The van der Waals surface area contributed by atoms with E-state index in [0.29, 0.717) is 13.0 Å². The molecule has 2 atom stereocenters. The summed E-state index contributed by atoms with van der Waals surface area (Å²) >= 11 is 0. The average Bonchev–Trinajstić information content (AvgIpc) is 3.13. The van der Waals surface area contributed by atoms with Gasteiger partial charge in [-0.2, -0.15) is 0 Å². The number of nitrogens with zero attached hydrogens (tertiary/aromatic N) is 1. The van der Waals surface area contributed by atoms with E-state index in [2.05, 4.69) is 5.32 Å². The SMILES string of the molecule is CCC1C(=O)NC2(CCCC2)C(=O)N1CCC1CCCO1. The predicted molar refractivity (Wildman–Crippen MR) is 78.7 cm³/mol. The maximum absolute atomic E-state index is 12.9. The molecule has 2 aliphatic heterocycles. The first kappa shape index (κ1) is 14.8. The molecule has 2 heterocycles. The molecule has 0 aromatic carbocycles. The molecular formula is C16H26N2O3. The zero-order chi connectivity index (χ0) is 14.9. The highest BCUT2D eigenvalue weighted by Crippen LogP contribution is 2.35. The van der Waals surface area contributed by atoms with Crippen LogP contribution in [0, 0.1) is 0 Å². The number of nitrogens with one attached hydrogen (secondary N) is 1. The molecule has 0 aromatic heterocycles. The summed E-state index contributed by atoms with van der Waals surface area (Å²) in [5, 5.41) is 3.04. The third-order valence-electron chi connectivity index (χ3n) is 5.27. The highest BCUT2D eigenvalue weighted by atomic mass is 16.5. The van der Waals surface area contributed by atoms with E-state index in [1.54, 1.807) is 0 Å². The molecule has 2 saturated heterocycles. The third-order valence-corrected chi connectivity index (χ3v) is 5.27. The first-order valence-electron chi connectivity index (χ1n) is 8.41. The molecule has 118 valence electrons. The predicted octanol–water partition coefficient (Wildman–Crippen LogP) is 1.61. The smallest absolute Gasteiger partial charge is 0.249 e. The molecule has 1 N–H and O–H groups in total. The Labute approximate surface area is 126 Å². The lowest BCUT2D eigenvalue weighted by Gasteiger charge is -2.44. The molecular weight excluding hydrogens is 268 g/mol. The molecule has 1 aliphatic carbocycles. The summed E-state index contributed by atoms with van der Waals surface area (Å²) < 4.78 is 5.65. The van der Waals surface area contributed by atoms with Crippen LogP contribution in [0.25, 0.3) is 0 Å². The Morgan fingerprint density at radius 2 is 2.05 bits per heavy atom. The minimum atomic E-state index is -0.598. The Morgan fingerprint density at radius 3 is 2.67 bits per heavy atom. The number of carbonyl (C=O) groups is 2. The van der Waals surface area contributed by atoms with E-state index in [4.69, 9.17) is 4.74 Å². The lowest BCUT2D eigenvalue weighted by molar-refractivity contribution is -0.155. The molecule has 2 amide bonds. The second kappa shape index (κ2) is 5.95. The van der Waals surface area contributed by atoms with Crippen LogP contribution in [0.4, 0.5) is 0 Å². The van der Waals surface area contributed by atoms with Crippen molar-refractivity contribution < 1.29 is 14.3 Å². The Kier molecular flexibility index (Phi) is 4.20. The van der Waals surface area contributed by atoms with Crippen molar-refractivity contribution in [1.29, 1.82) is 0 Å². The van der Waals surface area contributed by atoms with Crippen molar-refractivity contribution >= 4 is 11.8 Å². The van der Waals surface area contributed by atoms with E-state index in [0.717, 1.165) is 51.6 Å². The fraction of sp³-hybridized carbons (Fsp3) is 0.875. The van der Waals surface area contributed by atoms with Gasteiger partial charge in [-0.3, -0.25) is 9.59 Å². The zero-order valence-corrected chi connectivity index (χ0v) is 12.9. The molecule has 5 nitrogen and oxygen atoms in total. The number of carbonyl (C=O) groups excluding carboxylic acids is 2. The first-order chi connectivity index (χ1) is 10.2. The second-order valence-electron chi connectivity index (χ2n) is 6.62. The van der Waals surface area contributed by atoms with Gasteiger partial charge in [-0.1, -0.05) is 19.8 Å². The van der Waals surface area contributed by atoms with Gasteiger partial charge < -0.3 is 15.0 Å². The molecule has 1 saturated carbocycles. The Bertz CT molecular complexity index is 412. The number of amides is 2. The summed E-state index contributed by atoms with van der Waals surface area (Å²) in [4.78, 5) is 27.2. The van der Waals surface area contributed by atoms with E-state index >= 15 is 0 Å². The van der Waals surface area contributed by atoms with Crippen molar-refractivity contribution in [2.75, 3.05) is 13.2 Å². The fourth-order valence-corrected chi connectivity index (χ4v) is 4.07. The Hall–Kier alpha value is -1.10. The summed E-state index contributed by atoms with van der Waals surface area (Å²) in [5.41, 5.74) is -0.598. The molecule has 21 heavy (non-hydrogen) atoms. The maximum Gasteiger partial charge on any atom is 0.249 e. The van der Waals surface area contributed by atoms with Crippen molar-refractivity contribution in [3.8, 4) is 0 Å². The van der Waals surface area contributed by atoms with Crippen LogP contribution in [0.5, 0.6) is 0 Å². The first-order valence-corrected chi connectivity index (χ1v) is 8.41. The summed E-state index contributed by atoms with van der Waals surface area (Å²) in [6, 6.07) is -0.301. The molecule has 5 heteroatoms. The minimum absolute atomic E-state index is 0.0336. The standard InChI is InChI=1S/C16H26N2O3/c1-2-13-14(19)17-16(8-3-4-9-16)15(20)18(13)10-7-12-6-5-11-21-12/h12-13H,2-11H2,1H3,(H,17,19). The van der Waals surface area contributed by atoms with Crippen LogP contribution in [0.1, 0.15) is 58.3 Å². The van der Waals surface area contributed by atoms with Gasteiger partial charge in [0, 0.05) is 13.2 Å². The van der Waals surface area contributed by atoms with Crippen molar-refractivity contribution in [3.05, 3.63) is 0 Å². The van der Waals surface area contributed by atoms with Crippen LogP contribution >= 0.6 is 0 Å². The van der Waals surface area contributed by atoms with Gasteiger partial charge in [0.05, 0.1) is 6.10 Å². The van der Waals surface area contributed by atoms with Gasteiger partial charge in [-0.15, -0.1) is 0 Å². The third kappa shape index (κ3) is 2.68. The van der Waals surface area contributed by atoms with Gasteiger partial charge >= 0.3 is 0 Å². The molecule has 3 fully saturated rings. The molecule has 3 rings (SSSR count). The van der Waals surface area contributed by atoms with Crippen molar-refractivity contribution in [2.24, 2.45) is 0 Å². The summed E-state index contributed by atoms with van der Waals surface area (Å²) in [6.07, 6.45) is 7.64. The molecule has 3 aliphatic rings. The quantitative estimate of drug-likeness (QED) is 0.857. The topological polar surface area (TPSA) is 58.6 Å². The second-order valence-corrected chi connectivity index (χ2v) is 6.62. The van der Waals surface area contributed by atoms with Crippen molar-refractivity contribution in [1.82, 2.24) is 10.2 Å². The minimum Gasteiger partial charge on any atom is -0.378 e. The fourth-order valence-electron chi connectivity index (χ4n) is 4.07. The molecule has 1 spiro atoms. The molecule has 0 radical (unpaired) electrons. The van der Waals surface area contributed by atoms with Crippen LogP contribution in [-0.4, -0.2) is 47.6 Å². The lowest BCUT2D eigenvalue weighted by Crippen LogP contribution is -2.69. The molecule has 0 bridgehead atoms. The number of rotatable bonds is 4.